The van der Waals surface area contributed by atoms with E-state index < -0.39 is 0 Å². The van der Waals surface area contributed by atoms with E-state index in [2.05, 4.69) is 0 Å². The molecule has 0 aliphatic rings. The summed E-state index contributed by atoms with van der Waals surface area (Å²) in [4.78, 5) is 0. The SMILES string of the molecule is COc1ccc(OC)c(C(=N)SC)c1. The van der Waals surface area contributed by atoms with Gasteiger partial charge in [0.15, 0.2) is 0 Å². The second-order valence-corrected chi connectivity index (χ2v) is 3.42. The summed E-state index contributed by atoms with van der Waals surface area (Å²) in [6, 6.07) is 5.42. The van der Waals surface area contributed by atoms with Crippen molar-refractivity contribution in [1.29, 1.82) is 5.41 Å². The number of ether oxygens (including phenoxy) is 2. The van der Waals surface area contributed by atoms with Crippen LogP contribution in [0.4, 0.5) is 0 Å². The van der Waals surface area contributed by atoms with E-state index in [4.69, 9.17) is 14.9 Å². The van der Waals surface area contributed by atoms with E-state index in [1.807, 2.05) is 12.3 Å². The van der Waals surface area contributed by atoms with Crippen LogP contribution in [0.3, 0.4) is 0 Å². The first-order chi connectivity index (χ1) is 6.72. The van der Waals surface area contributed by atoms with Crippen molar-refractivity contribution in [2.45, 2.75) is 0 Å². The van der Waals surface area contributed by atoms with E-state index in [1.54, 1.807) is 26.4 Å². The normalized spacial score (nSPS) is 9.64. The third-order valence-electron chi connectivity index (χ3n) is 1.86. The lowest BCUT2D eigenvalue weighted by Gasteiger charge is -2.09. The fourth-order valence-corrected chi connectivity index (χ4v) is 1.48. The molecule has 1 aromatic carbocycles. The average Bonchev–Trinajstić information content (AvgIpc) is 2.27. The molecule has 0 aliphatic heterocycles. The highest BCUT2D eigenvalue weighted by molar-refractivity contribution is 8.13. The highest BCUT2D eigenvalue weighted by atomic mass is 32.2. The molecule has 0 unspecified atom stereocenters. The summed E-state index contributed by atoms with van der Waals surface area (Å²) in [6.07, 6.45) is 1.86. The highest BCUT2D eigenvalue weighted by Crippen LogP contribution is 2.26. The van der Waals surface area contributed by atoms with Crippen molar-refractivity contribution in [1.82, 2.24) is 0 Å². The lowest BCUT2D eigenvalue weighted by Crippen LogP contribution is -1.98. The Kier molecular flexibility index (Phi) is 3.83. The van der Waals surface area contributed by atoms with Crippen molar-refractivity contribution in [3.63, 3.8) is 0 Å². The Morgan fingerprint density at radius 1 is 1.29 bits per heavy atom. The van der Waals surface area contributed by atoms with E-state index >= 15 is 0 Å². The fraction of sp³-hybridized carbons (Fsp3) is 0.300. The number of hydrogen-bond acceptors (Lipinski definition) is 4. The minimum Gasteiger partial charge on any atom is -0.497 e. The van der Waals surface area contributed by atoms with Crippen LogP contribution in [-0.2, 0) is 0 Å². The molecular formula is C10H13NO2S. The van der Waals surface area contributed by atoms with Crippen LogP contribution in [0.1, 0.15) is 5.56 Å². The van der Waals surface area contributed by atoms with Gasteiger partial charge in [0.25, 0.3) is 0 Å². The zero-order valence-electron chi connectivity index (χ0n) is 8.46. The number of hydrogen-bond donors (Lipinski definition) is 1. The van der Waals surface area contributed by atoms with Gasteiger partial charge in [0, 0.05) is 0 Å². The number of nitrogens with one attached hydrogen (secondary N) is 1. The van der Waals surface area contributed by atoms with Crippen molar-refractivity contribution < 1.29 is 9.47 Å². The second kappa shape index (κ2) is 4.91. The fourth-order valence-electron chi connectivity index (χ4n) is 1.10. The maximum Gasteiger partial charge on any atom is 0.129 e. The Morgan fingerprint density at radius 2 is 2.00 bits per heavy atom. The van der Waals surface area contributed by atoms with Crippen LogP contribution in [0, 0.1) is 5.41 Å². The van der Waals surface area contributed by atoms with Gasteiger partial charge in [-0.05, 0) is 24.5 Å². The Hall–Kier alpha value is -1.16. The van der Waals surface area contributed by atoms with Crippen LogP contribution in [0.5, 0.6) is 11.5 Å². The molecule has 3 nitrogen and oxygen atoms in total. The smallest absolute Gasteiger partial charge is 0.129 e. The van der Waals surface area contributed by atoms with Crippen LogP contribution in [0.2, 0.25) is 0 Å². The molecule has 0 amide bonds. The monoisotopic (exact) mass is 211 g/mol. The predicted octanol–water partition coefficient (Wildman–Crippen LogP) is 2.39. The van der Waals surface area contributed by atoms with Crippen LogP contribution >= 0.6 is 11.8 Å². The summed E-state index contributed by atoms with van der Waals surface area (Å²) in [6.45, 7) is 0. The van der Waals surface area contributed by atoms with Crippen molar-refractivity contribution in [2.24, 2.45) is 0 Å². The van der Waals surface area contributed by atoms with Gasteiger partial charge in [0.05, 0.1) is 24.8 Å². The summed E-state index contributed by atoms with van der Waals surface area (Å²) in [5.41, 5.74) is 0.763. The Bertz CT molecular complexity index is 339. The Labute approximate surface area is 87.9 Å². The first-order valence-electron chi connectivity index (χ1n) is 4.08. The Morgan fingerprint density at radius 3 is 2.50 bits per heavy atom. The summed E-state index contributed by atoms with van der Waals surface area (Å²) in [7, 11) is 3.20. The molecule has 0 radical (unpaired) electrons. The molecule has 1 aromatic rings. The molecule has 0 atom stereocenters. The topological polar surface area (TPSA) is 42.3 Å². The van der Waals surface area contributed by atoms with Gasteiger partial charge in [-0.3, -0.25) is 5.41 Å². The molecule has 1 N–H and O–H groups in total. The van der Waals surface area contributed by atoms with Gasteiger partial charge in [0.2, 0.25) is 0 Å². The lowest BCUT2D eigenvalue weighted by molar-refractivity contribution is 0.402. The molecule has 0 spiro atoms. The maximum absolute atomic E-state index is 7.72. The van der Waals surface area contributed by atoms with Crippen LogP contribution in [0.25, 0.3) is 0 Å². The van der Waals surface area contributed by atoms with Crippen LogP contribution in [0.15, 0.2) is 18.2 Å². The number of methoxy groups -OCH3 is 2. The molecule has 14 heavy (non-hydrogen) atoms. The van der Waals surface area contributed by atoms with Crippen LogP contribution in [-0.4, -0.2) is 25.5 Å². The quantitative estimate of drug-likeness (QED) is 0.616. The summed E-state index contributed by atoms with van der Waals surface area (Å²) >= 11 is 1.37. The summed E-state index contributed by atoms with van der Waals surface area (Å²) in [5, 5.41) is 8.19. The number of thioether (sulfide) groups is 1. The first-order valence-corrected chi connectivity index (χ1v) is 5.30. The molecule has 76 valence electrons. The molecule has 0 saturated carbocycles. The molecule has 0 fully saturated rings. The summed E-state index contributed by atoms with van der Waals surface area (Å²) in [5.74, 6) is 1.43. The average molecular weight is 211 g/mol. The van der Waals surface area contributed by atoms with Gasteiger partial charge >= 0.3 is 0 Å². The Balaban J connectivity index is 3.14. The zero-order valence-corrected chi connectivity index (χ0v) is 9.27. The molecule has 0 aromatic heterocycles. The third-order valence-corrected chi connectivity index (χ3v) is 2.48. The maximum atomic E-state index is 7.72. The molecule has 0 heterocycles. The molecular weight excluding hydrogens is 198 g/mol. The standard InChI is InChI=1S/C10H13NO2S/c1-12-7-4-5-9(13-2)8(6-7)10(11)14-3/h4-6,11H,1-3H3. The van der Waals surface area contributed by atoms with E-state index in [-0.39, 0.29) is 0 Å². The van der Waals surface area contributed by atoms with Crippen molar-refractivity contribution in [3.05, 3.63) is 23.8 Å². The molecule has 4 heteroatoms. The molecule has 0 saturated heterocycles. The lowest BCUT2D eigenvalue weighted by atomic mass is 10.2. The van der Waals surface area contributed by atoms with Gasteiger partial charge in [-0.25, -0.2) is 0 Å². The largest absolute Gasteiger partial charge is 0.497 e. The minimum absolute atomic E-state index is 0.473. The minimum atomic E-state index is 0.473. The van der Waals surface area contributed by atoms with Crippen LogP contribution < -0.4 is 9.47 Å². The number of rotatable bonds is 3. The van der Waals surface area contributed by atoms with Gasteiger partial charge in [-0.2, -0.15) is 0 Å². The molecule has 1 rings (SSSR count). The van der Waals surface area contributed by atoms with Gasteiger partial charge in [-0.15, -0.1) is 11.8 Å². The van der Waals surface area contributed by atoms with Crippen molar-refractivity contribution in [3.8, 4) is 11.5 Å². The number of benzene rings is 1. The van der Waals surface area contributed by atoms with Gasteiger partial charge in [-0.1, -0.05) is 0 Å². The molecule has 0 aliphatic carbocycles. The summed E-state index contributed by atoms with van der Waals surface area (Å²) < 4.78 is 10.2. The highest BCUT2D eigenvalue weighted by Gasteiger charge is 2.08. The van der Waals surface area contributed by atoms with E-state index in [0.717, 1.165) is 11.3 Å². The third kappa shape index (κ3) is 2.20. The van der Waals surface area contributed by atoms with Crippen molar-refractivity contribution >= 4 is 16.8 Å². The predicted molar refractivity (Wildman–Crippen MR) is 59.9 cm³/mol. The molecule has 0 bridgehead atoms. The van der Waals surface area contributed by atoms with Gasteiger partial charge in [0.1, 0.15) is 11.5 Å². The van der Waals surface area contributed by atoms with Gasteiger partial charge < -0.3 is 9.47 Å². The first kappa shape index (κ1) is 10.9. The van der Waals surface area contributed by atoms with E-state index in [0.29, 0.717) is 10.8 Å². The van der Waals surface area contributed by atoms with Crippen molar-refractivity contribution in [2.75, 3.05) is 20.5 Å². The van der Waals surface area contributed by atoms with E-state index in [1.165, 1.54) is 11.8 Å². The second-order valence-electron chi connectivity index (χ2n) is 2.60. The zero-order chi connectivity index (χ0) is 10.6. The van der Waals surface area contributed by atoms with E-state index in [9.17, 15) is 0 Å².